The molecule has 0 aliphatic carbocycles. The van der Waals surface area contributed by atoms with Gasteiger partial charge in [-0.05, 0) is 45.1 Å². The summed E-state index contributed by atoms with van der Waals surface area (Å²) in [4.78, 5) is 11.4. The van der Waals surface area contributed by atoms with Crippen LogP contribution in [0.15, 0.2) is 30.3 Å². The van der Waals surface area contributed by atoms with Crippen LogP contribution in [0.5, 0.6) is 0 Å². The Bertz CT molecular complexity index is 399. The van der Waals surface area contributed by atoms with Gasteiger partial charge in [-0.2, -0.15) is 0 Å². The number of para-hydroxylation sites is 1. The van der Waals surface area contributed by atoms with Crippen LogP contribution in [0.3, 0.4) is 0 Å². The number of rotatable bonds is 1. The van der Waals surface area contributed by atoms with E-state index in [-0.39, 0.29) is 5.11 Å². The molecule has 0 aromatic heterocycles. The number of benzene rings is 1. The predicted octanol–water partition coefficient (Wildman–Crippen LogP) is 2.91. The highest BCUT2D eigenvalue weighted by atomic mass is 32.1. The second-order valence-corrected chi connectivity index (χ2v) is 4.86. The fourth-order valence-electron chi connectivity index (χ4n) is 1.08. The molecule has 0 spiro atoms. The molecule has 0 atom stereocenters. The first-order chi connectivity index (χ1) is 7.87. The molecule has 0 heterocycles. The molecule has 92 valence electrons. The van der Waals surface area contributed by atoms with Gasteiger partial charge in [-0.25, -0.2) is 4.79 Å². The highest BCUT2D eigenvalue weighted by Gasteiger charge is 2.16. The van der Waals surface area contributed by atoms with Crippen molar-refractivity contribution >= 4 is 29.1 Å². The summed E-state index contributed by atoms with van der Waals surface area (Å²) in [6, 6.07) is 9.35. The fraction of sp³-hybridized carbons (Fsp3) is 0.333. The third-order valence-corrected chi connectivity index (χ3v) is 1.85. The molecule has 0 bridgehead atoms. The van der Waals surface area contributed by atoms with Gasteiger partial charge in [0.1, 0.15) is 5.60 Å². The number of amides is 1. The van der Waals surface area contributed by atoms with Gasteiger partial charge in [0.15, 0.2) is 5.11 Å². The zero-order chi connectivity index (χ0) is 12.9. The molecule has 1 aromatic carbocycles. The smallest absolute Gasteiger partial charge is 0.413 e. The molecular weight excluding hydrogens is 236 g/mol. The van der Waals surface area contributed by atoms with Gasteiger partial charge < -0.3 is 10.1 Å². The Labute approximate surface area is 106 Å². The molecule has 5 heteroatoms. The lowest BCUT2D eigenvalue weighted by molar-refractivity contribution is 0.0564. The van der Waals surface area contributed by atoms with Crippen molar-refractivity contribution in [1.82, 2.24) is 5.32 Å². The quantitative estimate of drug-likeness (QED) is 0.755. The third kappa shape index (κ3) is 5.87. The zero-order valence-corrected chi connectivity index (χ0v) is 10.9. The molecule has 1 rings (SSSR count). The van der Waals surface area contributed by atoms with Crippen LogP contribution >= 0.6 is 12.2 Å². The number of alkyl carbamates (subject to hydrolysis) is 1. The molecular formula is C12H16N2O2S. The van der Waals surface area contributed by atoms with Crippen LogP contribution in [0, 0.1) is 0 Å². The molecule has 1 amide bonds. The Hall–Kier alpha value is -1.62. The second kappa shape index (κ2) is 5.63. The Morgan fingerprint density at radius 2 is 1.82 bits per heavy atom. The van der Waals surface area contributed by atoms with E-state index in [0.29, 0.717) is 0 Å². The molecule has 1 aromatic rings. The highest BCUT2D eigenvalue weighted by molar-refractivity contribution is 7.80. The average molecular weight is 252 g/mol. The minimum Gasteiger partial charge on any atom is -0.444 e. The Morgan fingerprint density at radius 1 is 1.24 bits per heavy atom. The van der Waals surface area contributed by atoms with E-state index >= 15 is 0 Å². The van der Waals surface area contributed by atoms with E-state index in [9.17, 15) is 4.79 Å². The van der Waals surface area contributed by atoms with Crippen molar-refractivity contribution in [2.45, 2.75) is 26.4 Å². The van der Waals surface area contributed by atoms with Crippen molar-refractivity contribution in [2.75, 3.05) is 5.32 Å². The SMILES string of the molecule is CC(C)(C)OC(=O)NC(=S)Nc1ccccc1. The summed E-state index contributed by atoms with van der Waals surface area (Å²) < 4.78 is 5.07. The summed E-state index contributed by atoms with van der Waals surface area (Å²) in [5, 5.41) is 5.54. The average Bonchev–Trinajstić information content (AvgIpc) is 2.15. The minimum atomic E-state index is -0.564. The maximum atomic E-state index is 11.4. The van der Waals surface area contributed by atoms with Crippen LogP contribution < -0.4 is 10.6 Å². The monoisotopic (exact) mass is 252 g/mol. The molecule has 0 unspecified atom stereocenters. The summed E-state index contributed by atoms with van der Waals surface area (Å²) in [5.74, 6) is 0. The number of thiocarbonyl (C=S) groups is 1. The fourth-order valence-corrected chi connectivity index (χ4v) is 1.28. The van der Waals surface area contributed by atoms with Crippen LogP contribution in [0.2, 0.25) is 0 Å². The number of carbonyl (C=O) groups is 1. The normalized spacial score (nSPS) is 10.5. The van der Waals surface area contributed by atoms with Gasteiger partial charge in [0.05, 0.1) is 0 Å². The van der Waals surface area contributed by atoms with Gasteiger partial charge in [-0.3, -0.25) is 5.32 Å². The summed E-state index contributed by atoms with van der Waals surface area (Å²) in [5.41, 5.74) is 0.278. The van der Waals surface area contributed by atoms with Crippen LogP contribution in [0.25, 0.3) is 0 Å². The molecule has 0 fully saturated rings. The van der Waals surface area contributed by atoms with Crippen molar-refractivity contribution in [1.29, 1.82) is 0 Å². The van der Waals surface area contributed by atoms with Gasteiger partial charge in [0, 0.05) is 5.69 Å². The van der Waals surface area contributed by atoms with Crippen molar-refractivity contribution in [3.63, 3.8) is 0 Å². The third-order valence-electron chi connectivity index (χ3n) is 1.65. The highest BCUT2D eigenvalue weighted by Crippen LogP contribution is 2.07. The zero-order valence-electron chi connectivity index (χ0n) is 10.1. The standard InChI is InChI=1S/C12H16N2O2S/c1-12(2,3)16-11(15)14-10(17)13-9-7-5-4-6-8-9/h4-8H,1-3H3,(H2,13,14,15,17). The molecule has 0 saturated carbocycles. The number of hydrogen-bond donors (Lipinski definition) is 2. The van der Waals surface area contributed by atoms with E-state index in [4.69, 9.17) is 17.0 Å². The van der Waals surface area contributed by atoms with E-state index in [1.165, 1.54) is 0 Å². The largest absolute Gasteiger partial charge is 0.444 e. The van der Waals surface area contributed by atoms with Crippen LogP contribution in [-0.4, -0.2) is 16.8 Å². The molecule has 0 radical (unpaired) electrons. The minimum absolute atomic E-state index is 0.213. The second-order valence-electron chi connectivity index (χ2n) is 4.45. The van der Waals surface area contributed by atoms with Gasteiger partial charge in [-0.15, -0.1) is 0 Å². The summed E-state index contributed by atoms with van der Waals surface area (Å²) in [7, 11) is 0. The first kappa shape index (κ1) is 13.4. The number of anilines is 1. The van der Waals surface area contributed by atoms with Gasteiger partial charge >= 0.3 is 6.09 Å². The Morgan fingerprint density at radius 3 is 2.35 bits per heavy atom. The topological polar surface area (TPSA) is 50.4 Å². The van der Waals surface area contributed by atoms with E-state index in [0.717, 1.165) is 5.69 Å². The van der Waals surface area contributed by atoms with Crippen molar-refractivity contribution < 1.29 is 9.53 Å². The van der Waals surface area contributed by atoms with Gasteiger partial charge in [0.25, 0.3) is 0 Å². The van der Waals surface area contributed by atoms with Crippen LogP contribution in [-0.2, 0) is 4.74 Å². The van der Waals surface area contributed by atoms with Crippen molar-refractivity contribution in [2.24, 2.45) is 0 Å². The molecule has 2 N–H and O–H groups in total. The maximum Gasteiger partial charge on any atom is 0.413 e. The maximum absolute atomic E-state index is 11.4. The number of carbonyl (C=O) groups excluding carboxylic acids is 1. The first-order valence-corrected chi connectivity index (χ1v) is 5.64. The van der Waals surface area contributed by atoms with E-state index in [1.54, 1.807) is 20.8 Å². The molecule has 0 saturated heterocycles. The Balaban J connectivity index is 2.43. The van der Waals surface area contributed by atoms with Crippen LogP contribution in [0.1, 0.15) is 20.8 Å². The number of ether oxygens (including phenoxy) is 1. The molecule has 17 heavy (non-hydrogen) atoms. The van der Waals surface area contributed by atoms with E-state index in [1.807, 2.05) is 30.3 Å². The van der Waals surface area contributed by atoms with Crippen LogP contribution in [0.4, 0.5) is 10.5 Å². The summed E-state index contributed by atoms with van der Waals surface area (Å²) >= 11 is 4.98. The van der Waals surface area contributed by atoms with E-state index in [2.05, 4.69) is 10.6 Å². The lowest BCUT2D eigenvalue weighted by Gasteiger charge is -2.20. The van der Waals surface area contributed by atoms with Gasteiger partial charge in [0.2, 0.25) is 0 Å². The molecule has 0 aliphatic heterocycles. The summed E-state index contributed by atoms with van der Waals surface area (Å²) in [6.45, 7) is 5.38. The molecule has 0 aliphatic rings. The predicted molar refractivity (Wildman–Crippen MR) is 72.0 cm³/mol. The van der Waals surface area contributed by atoms with Crippen molar-refractivity contribution in [3.8, 4) is 0 Å². The lowest BCUT2D eigenvalue weighted by atomic mass is 10.2. The molecule has 4 nitrogen and oxygen atoms in total. The number of nitrogens with one attached hydrogen (secondary N) is 2. The lowest BCUT2D eigenvalue weighted by Crippen LogP contribution is -2.38. The van der Waals surface area contributed by atoms with Crippen molar-refractivity contribution in [3.05, 3.63) is 30.3 Å². The van der Waals surface area contributed by atoms with Gasteiger partial charge in [-0.1, -0.05) is 18.2 Å². The Kier molecular flexibility index (Phi) is 4.45. The summed E-state index contributed by atoms with van der Waals surface area (Å²) in [6.07, 6.45) is -0.564. The van der Waals surface area contributed by atoms with E-state index < -0.39 is 11.7 Å². The number of hydrogen-bond acceptors (Lipinski definition) is 3. The first-order valence-electron chi connectivity index (χ1n) is 5.23.